The molecule has 2 rings (SSSR count). The van der Waals surface area contributed by atoms with Crippen molar-refractivity contribution in [2.24, 2.45) is 0 Å². The van der Waals surface area contributed by atoms with E-state index in [1.165, 1.54) is 0 Å². The average molecular weight is 347 g/mol. The molecule has 0 bridgehead atoms. The van der Waals surface area contributed by atoms with Gasteiger partial charge in [0.2, 0.25) is 5.91 Å². The first-order valence-electron chi connectivity index (χ1n) is 7.19. The maximum absolute atomic E-state index is 12.1. The zero-order valence-corrected chi connectivity index (χ0v) is 14.1. The molecule has 1 aliphatic rings. The van der Waals surface area contributed by atoms with E-state index in [9.17, 15) is 4.79 Å². The number of halogens is 2. The number of morpholine rings is 1. The molecule has 0 atom stereocenters. The van der Waals surface area contributed by atoms with Crippen molar-refractivity contribution in [3.8, 4) is 5.75 Å². The Balaban J connectivity index is 1.73. The van der Waals surface area contributed by atoms with Crippen LogP contribution in [0.25, 0.3) is 0 Å². The molecule has 1 aromatic carbocycles. The van der Waals surface area contributed by atoms with E-state index in [4.69, 9.17) is 32.7 Å². The predicted molar refractivity (Wildman–Crippen MR) is 86.9 cm³/mol. The highest BCUT2D eigenvalue weighted by Gasteiger charge is 2.18. The van der Waals surface area contributed by atoms with Gasteiger partial charge in [-0.1, -0.05) is 29.3 Å². The van der Waals surface area contributed by atoms with Crippen LogP contribution >= 0.6 is 23.2 Å². The second-order valence-electron chi connectivity index (χ2n) is 5.13. The van der Waals surface area contributed by atoms with Crippen LogP contribution in [0.15, 0.2) is 18.2 Å². The van der Waals surface area contributed by atoms with Crippen LogP contribution in [0.5, 0.6) is 5.75 Å². The third-order valence-electron chi connectivity index (χ3n) is 3.41. The average Bonchev–Trinajstić information content (AvgIpc) is 2.51. The molecule has 0 aliphatic carbocycles. The molecule has 0 spiro atoms. The second kappa shape index (κ2) is 8.58. The zero-order valence-electron chi connectivity index (χ0n) is 12.6. The molecule has 0 aromatic heterocycles. The van der Waals surface area contributed by atoms with Gasteiger partial charge in [0, 0.05) is 19.6 Å². The zero-order chi connectivity index (χ0) is 15.9. The second-order valence-corrected chi connectivity index (χ2v) is 5.94. The van der Waals surface area contributed by atoms with Crippen molar-refractivity contribution in [2.75, 3.05) is 53.0 Å². The molecule has 5 nitrogen and oxygen atoms in total. The van der Waals surface area contributed by atoms with Crippen LogP contribution < -0.4 is 4.74 Å². The molecule has 1 aliphatic heterocycles. The van der Waals surface area contributed by atoms with Gasteiger partial charge in [-0.15, -0.1) is 0 Å². The molecule has 122 valence electrons. The normalized spacial score (nSPS) is 15.2. The number of likely N-dealkylation sites (N-methyl/N-ethyl adjacent to an activating group) is 1. The first-order chi connectivity index (χ1) is 10.6. The first kappa shape index (κ1) is 17.3. The number of benzene rings is 1. The van der Waals surface area contributed by atoms with E-state index < -0.39 is 0 Å². The Morgan fingerprint density at radius 1 is 1.32 bits per heavy atom. The highest BCUT2D eigenvalue weighted by atomic mass is 35.5. The highest BCUT2D eigenvalue weighted by molar-refractivity contribution is 6.37. The Labute approximate surface area is 140 Å². The molecule has 1 saturated heterocycles. The van der Waals surface area contributed by atoms with Gasteiger partial charge >= 0.3 is 0 Å². The van der Waals surface area contributed by atoms with Gasteiger partial charge in [0.05, 0.1) is 29.8 Å². The molecule has 1 amide bonds. The number of nitrogens with zero attached hydrogens (tertiary/aromatic N) is 2. The summed E-state index contributed by atoms with van der Waals surface area (Å²) in [6.07, 6.45) is 0. The molecule has 1 fully saturated rings. The largest absolute Gasteiger partial charge is 0.489 e. The lowest BCUT2D eigenvalue weighted by molar-refractivity contribution is -0.136. The van der Waals surface area contributed by atoms with Crippen molar-refractivity contribution in [1.82, 2.24) is 9.80 Å². The van der Waals surface area contributed by atoms with Crippen LogP contribution in [0.2, 0.25) is 10.0 Å². The van der Waals surface area contributed by atoms with E-state index >= 15 is 0 Å². The minimum atomic E-state index is 0.113. The van der Waals surface area contributed by atoms with Crippen molar-refractivity contribution >= 4 is 29.1 Å². The van der Waals surface area contributed by atoms with Crippen molar-refractivity contribution in [2.45, 2.75) is 0 Å². The van der Waals surface area contributed by atoms with Crippen molar-refractivity contribution < 1.29 is 14.3 Å². The Kier molecular flexibility index (Phi) is 6.76. The van der Waals surface area contributed by atoms with Gasteiger partial charge in [0.1, 0.15) is 6.61 Å². The number of ether oxygens (including phenoxy) is 2. The lowest BCUT2D eigenvalue weighted by Gasteiger charge is -2.28. The minimum absolute atomic E-state index is 0.113. The predicted octanol–water partition coefficient (Wildman–Crippen LogP) is 2.16. The van der Waals surface area contributed by atoms with Gasteiger partial charge < -0.3 is 14.4 Å². The molecule has 0 N–H and O–H groups in total. The molecule has 0 saturated carbocycles. The van der Waals surface area contributed by atoms with E-state index in [0.717, 1.165) is 0 Å². The summed E-state index contributed by atoms with van der Waals surface area (Å²) in [5.41, 5.74) is 0. The van der Waals surface area contributed by atoms with Crippen LogP contribution in [0.1, 0.15) is 0 Å². The molecule has 0 radical (unpaired) electrons. The topological polar surface area (TPSA) is 42.0 Å². The third-order valence-corrected chi connectivity index (χ3v) is 4.00. The number of carbonyl (C=O) groups excluding carboxylic acids is 1. The SMILES string of the molecule is CN(CCOc1c(Cl)cccc1Cl)CC(=O)N1CCOCC1. The van der Waals surface area contributed by atoms with Crippen LogP contribution in [0.4, 0.5) is 0 Å². The summed E-state index contributed by atoms with van der Waals surface area (Å²) in [5, 5.41) is 0.971. The number of hydrogen-bond donors (Lipinski definition) is 0. The third kappa shape index (κ3) is 5.02. The van der Waals surface area contributed by atoms with E-state index in [1.807, 2.05) is 16.8 Å². The van der Waals surface area contributed by atoms with Crippen LogP contribution in [-0.2, 0) is 9.53 Å². The summed E-state index contributed by atoms with van der Waals surface area (Å²) in [4.78, 5) is 15.8. The number of carbonyl (C=O) groups is 1. The first-order valence-corrected chi connectivity index (χ1v) is 7.94. The van der Waals surface area contributed by atoms with Gasteiger partial charge in [-0.3, -0.25) is 9.69 Å². The van der Waals surface area contributed by atoms with E-state index in [0.29, 0.717) is 61.8 Å². The quantitative estimate of drug-likeness (QED) is 0.791. The van der Waals surface area contributed by atoms with Crippen molar-refractivity contribution in [3.63, 3.8) is 0 Å². The van der Waals surface area contributed by atoms with E-state index in [2.05, 4.69) is 0 Å². The maximum Gasteiger partial charge on any atom is 0.236 e. The maximum atomic E-state index is 12.1. The number of amides is 1. The van der Waals surface area contributed by atoms with Crippen molar-refractivity contribution in [1.29, 1.82) is 0 Å². The van der Waals surface area contributed by atoms with Crippen LogP contribution in [-0.4, -0.2) is 68.8 Å². The summed E-state index contributed by atoms with van der Waals surface area (Å²) in [7, 11) is 1.88. The summed E-state index contributed by atoms with van der Waals surface area (Å²) in [5.74, 6) is 0.598. The number of hydrogen-bond acceptors (Lipinski definition) is 4. The van der Waals surface area contributed by atoms with Crippen molar-refractivity contribution in [3.05, 3.63) is 28.2 Å². The number of para-hydroxylation sites is 1. The standard InChI is InChI=1S/C15H20Cl2N2O3/c1-18(11-14(20)19-6-8-21-9-7-19)5-10-22-15-12(16)3-2-4-13(15)17/h2-4H,5-11H2,1H3. The Morgan fingerprint density at radius 3 is 2.59 bits per heavy atom. The van der Waals surface area contributed by atoms with E-state index in [-0.39, 0.29) is 5.91 Å². The van der Waals surface area contributed by atoms with E-state index in [1.54, 1.807) is 18.2 Å². The van der Waals surface area contributed by atoms with Gasteiger partial charge in [-0.05, 0) is 19.2 Å². The summed E-state index contributed by atoms with van der Waals surface area (Å²) in [6.45, 7) is 3.94. The molecule has 1 heterocycles. The molecular formula is C15H20Cl2N2O3. The highest BCUT2D eigenvalue weighted by Crippen LogP contribution is 2.32. The fraction of sp³-hybridized carbons (Fsp3) is 0.533. The van der Waals surface area contributed by atoms with Crippen LogP contribution in [0, 0.1) is 0 Å². The molecular weight excluding hydrogens is 327 g/mol. The summed E-state index contributed by atoms with van der Waals surface area (Å²) >= 11 is 12.1. The smallest absolute Gasteiger partial charge is 0.236 e. The molecule has 7 heteroatoms. The van der Waals surface area contributed by atoms with Gasteiger partial charge in [0.25, 0.3) is 0 Å². The molecule has 1 aromatic rings. The van der Waals surface area contributed by atoms with Gasteiger partial charge in [-0.25, -0.2) is 0 Å². The monoisotopic (exact) mass is 346 g/mol. The Morgan fingerprint density at radius 2 is 1.95 bits per heavy atom. The fourth-order valence-corrected chi connectivity index (χ4v) is 2.65. The van der Waals surface area contributed by atoms with Gasteiger partial charge in [0.15, 0.2) is 5.75 Å². The molecule has 22 heavy (non-hydrogen) atoms. The summed E-state index contributed by atoms with van der Waals surface area (Å²) < 4.78 is 10.9. The Hall–Kier alpha value is -1.01. The van der Waals surface area contributed by atoms with Gasteiger partial charge in [-0.2, -0.15) is 0 Å². The number of rotatable bonds is 6. The fourth-order valence-electron chi connectivity index (χ4n) is 2.15. The lowest BCUT2D eigenvalue weighted by atomic mass is 10.3. The lowest BCUT2D eigenvalue weighted by Crippen LogP contribution is -2.45. The molecule has 0 unspecified atom stereocenters. The summed E-state index contributed by atoms with van der Waals surface area (Å²) in [6, 6.07) is 5.23. The minimum Gasteiger partial charge on any atom is -0.489 e. The van der Waals surface area contributed by atoms with Crippen LogP contribution in [0.3, 0.4) is 0 Å². The Bertz CT molecular complexity index is 487.